The van der Waals surface area contributed by atoms with Gasteiger partial charge in [-0.1, -0.05) is 84.6 Å². The monoisotopic (exact) mass is 400 g/mol. The lowest BCUT2D eigenvalue weighted by Crippen LogP contribution is -2.23. The molecular weight excluding hydrogens is 380 g/mol. The van der Waals surface area contributed by atoms with Crippen molar-refractivity contribution >= 4 is 28.4 Å². The fourth-order valence-electron chi connectivity index (χ4n) is 3.28. The largest absolute Gasteiger partial charge is 0.293 e. The second-order valence-corrected chi connectivity index (χ2v) is 7.67. The Hall–Kier alpha value is -3.18. The maximum Gasteiger partial charge on any atom is 0.262 e. The Morgan fingerprint density at radius 3 is 2.24 bits per heavy atom. The number of hydrogen-bond donors (Lipinski definition) is 0. The summed E-state index contributed by atoms with van der Waals surface area (Å²) < 4.78 is 1.64. The highest BCUT2D eigenvalue weighted by atomic mass is 32.2. The highest BCUT2D eigenvalue weighted by Gasteiger charge is 2.25. The van der Waals surface area contributed by atoms with Gasteiger partial charge in [-0.25, -0.2) is 4.98 Å². The van der Waals surface area contributed by atoms with Crippen LogP contribution in [0.25, 0.3) is 10.9 Å². The van der Waals surface area contributed by atoms with Gasteiger partial charge in [-0.3, -0.25) is 14.2 Å². The summed E-state index contributed by atoms with van der Waals surface area (Å²) >= 11 is 1.33. The number of carbonyl (C=O) groups is 1. The first-order chi connectivity index (χ1) is 14.2. The van der Waals surface area contributed by atoms with Crippen molar-refractivity contribution in [2.45, 2.75) is 23.9 Å². The average Bonchev–Trinajstić information content (AvgIpc) is 2.78. The summed E-state index contributed by atoms with van der Waals surface area (Å²) in [5.41, 5.74) is 2.08. The smallest absolute Gasteiger partial charge is 0.262 e. The molecule has 0 aliphatic carbocycles. The number of carbonyl (C=O) groups excluding carboxylic acids is 1. The maximum absolute atomic E-state index is 13.4. The highest BCUT2D eigenvalue weighted by Crippen LogP contribution is 2.37. The van der Waals surface area contributed by atoms with Gasteiger partial charge in [-0.15, -0.1) is 0 Å². The van der Waals surface area contributed by atoms with E-state index in [1.807, 2.05) is 85.8 Å². The van der Waals surface area contributed by atoms with Crippen molar-refractivity contribution in [3.63, 3.8) is 0 Å². The highest BCUT2D eigenvalue weighted by molar-refractivity contribution is 8.00. The lowest BCUT2D eigenvalue weighted by molar-refractivity contribution is 0.0989. The number of para-hydroxylation sites is 1. The van der Waals surface area contributed by atoms with Crippen LogP contribution >= 0.6 is 11.8 Å². The van der Waals surface area contributed by atoms with Crippen molar-refractivity contribution in [3.8, 4) is 0 Å². The van der Waals surface area contributed by atoms with E-state index in [9.17, 15) is 9.59 Å². The molecule has 4 rings (SSSR count). The van der Waals surface area contributed by atoms with Crippen LogP contribution in [0, 0.1) is 0 Å². The summed E-state index contributed by atoms with van der Waals surface area (Å²) in [6.07, 6.45) is 0. The summed E-state index contributed by atoms with van der Waals surface area (Å²) in [4.78, 5) is 31.0. The summed E-state index contributed by atoms with van der Waals surface area (Å²) in [6.45, 7) is 2.40. The summed E-state index contributed by atoms with van der Waals surface area (Å²) in [6, 6.07) is 26.2. The van der Waals surface area contributed by atoms with Crippen LogP contribution < -0.4 is 5.56 Å². The number of rotatable bonds is 6. The fraction of sp³-hybridized carbons (Fsp3) is 0.125. The van der Waals surface area contributed by atoms with E-state index in [2.05, 4.69) is 0 Å². The number of Topliss-reactive ketones (excluding diaryl/α,β-unsaturated/α-hetero) is 1. The van der Waals surface area contributed by atoms with E-state index in [1.165, 1.54) is 11.8 Å². The van der Waals surface area contributed by atoms with Crippen molar-refractivity contribution in [2.75, 3.05) is 0 Å². The van der Waals surface area contributed by atoms with Gasteiger partial charge in [0, 0.05) is 12.1 Å². The molecule has 1 heterocycles. The van der Waals surface area contributed by atoms with Crippen molar-refractivity contribution in [3.05, 3.63) is 106 Å². The Balaban J connectivity index is 1.83. The maximum atomic E-state index is 13.4. The van der Waals surface area contributed by atoms with Crippen LogP contribution in [-0.4, -0.2) is 15.3 Å². The van der Waals surface area contributed by atoms with E-state index in [-0.39, 0.29) is 11.3 Å². The van der Waals surface area contributed by atoms with E-state index < -0.39 is 5.25 Å². The van der Waals surface area contributed by atoms with Crippen molar-refractivity contribution in [2.24, 2.45) is 0 Å². The zero-order valence-electron chi connectivity index (χ0n) is 16.0. The molecule has 5 heteroatoms. The molecule has 29 heavy (non-hydrogen) atoms. The van der Waals surface area contributed by atoms with Gasteiger partial charge in [-0.2, -0.15) is 0 Å². The van der Waals surface area contributed by atoms with Crippen LogP contribution in [0.15, 0.2) is 94.9 Å². The van der Waals surface area contributed by atoms with Crippen LogP contribution in [0.4, 0.5) is 0 Å². The minimum absolute atomic E-state index is 0.00754. The topological polar surface area (TPSA) is 52.0 Å². The third-order valence-electron chi connectivity index (χ3n) is 4.76. The number of aromatic nitrogens is 2. The summed E-state index contributed by atoms with van der Waals surface area (Å²) in [5.74, 6) is -0.00754. The molecule has 0 spiro atoms. The number of nitrogens with zero attached hydrogens (tertiary/aromatic N) is 2. The van der Waals surface area contributed by atoms with Crippen molar-refractivity contribution in [1.82, 2.24) is 9.55 Å². The van der Waals surface area contributed by atoms with E-state index >= 15 is 0 Å². The molecule has 0 N–H and O–H groups in total. The second-order valence-electron chi connectivity index (χ2n) is 6.60. The standard InChI is InChI=1S/C24H20N2O2S/c1-2-26-23(28)19-15-9-10-16-20(19)25-24(26)29-22(18-13-7-4-8-14-18)21(27)17-11-5-3-6-12-17/h3-16,22H,2H2,1H3/t22-/m1/s1. The Bertz CT molecular complexity index is 1200. The second kappa shape index (κ2) is 8.45. The van der Waals surface area contributed by atoms with Gasteiger partial charge in [0.2, 0.25) is 0 Å². The van der Waals surface area contributed by atoms with Gasteiger partial charge in [0.15, 0.2) is 10.9 Å². The van der Waals surface area contributed by atoms with Gasteiger partial charge in [0.25, 0.3) is 5.56 Å². The molecule has 4 nitrogen and oxygen atoms in total. The molecule has 3 aromatic carbocycles. The summed E-state index contributed by atoms with van der Waals surface area (Å²) in [7, 11) is 0. The average molecular weight is 401 g/mol. The third kappa shape index (κ3) is 3.87. The number of ketones is 1. The minimum Gasteiger partial charge on any atom is -0.293 e. The molecule has 0 aliphatic rings. The molecule has 1 atom stereocenters. The molecule has 0 saturated heterocycles. The Labute approximate surface area is 173 Å². The number of fused-ring (bicyclic) bond motifs is 1. The Morgan fingerprint density at radius 2 is 1.55 bits per heavy atom. The Morgan fingerprint density at radius 1 is 0.931 bits per heavy atom. The van der Waals surface area contributed by atoms with Crippen LogP contribution in [0.5, 0.6) is 0 Å². The molecule has 0 amide bonds. The normalized spacial score (nSPS) is 12.0. The predicted molar refractivity (Wildman–Crippen MR) is 117 cm³/mol. The minimum atomic E-state index is -0.496. The van der Waals surface area contributed by atoms with Gasteiger partial charge in [0.1, 0.15) is 5.25 Å². The number of thioether (sulfide) groups is 1. The molecule has 4 aromatic rings. The van der Waals surface area contributed by atoms with Crippen LogP contribution in [0.2, 0.25) is 0 Å². The fourth-order valence-corrected chi connectivity index (χ4v) is 4.51. The zero-order chi connectivity index (χ0) is 20.2. The van der Waals surface area contributed by atoms with Crippen LogP contribution in [0.3, 0.4) is 0 Å². The van der Waals surface area contributed by atoms with Crippen molar-refractivity contribution in [1.29, 1.82) is 0 Å². The molecular formula is C24H20N2O2S. The predicted octanol–water partition coefficient (Wildman–Crippen LogP) is 5.13. The van der Waals surface area contributed by atoms with E-state index in [0.717, 1.165) is 5.56 Å². The molecule has 0 unspecified atom stereocenters. The quantitative estimate of drug-likeness (QED) is 0.256. The van der Waals surface area contributed by atoms with Crippen LogP contribution in [-0.2, 0) is 6.54 Å². The molecule has 0 radical (unpaired) electrons. The van der Waals surface area contributed by atoms with Gasteiger partial charge in [-0.05, 0) is 24.6 Å². The SMILES string of the molecule is CCn1c(S[C@@H](C(=O)c2ccccc2)c2ccccc2)nc2ccccc2c1=O. The zero-order valence-corrected chi connectivity index (χ0v) is 16.8. The molecule has 0 saturated carbocycles. The lowest BCUT2D eigenvalue weighted by Gasteiger charge is -2.18. The van der Waals surface area contributed by atoms with E-state index in [4.69, 9.17) is 4.98 Å². The molecule has 1 aromatic heterocycles. The third-order valence-corrected chi connectivity index (χ3v) is 6.01. The molecule has 0 bridgehead atoms. The van der Waals surface area contributed by atoms with Gasteiger partial charge < -0.3 is 0 Å². The first kappa shape index (κ1) is 19.2. The summed E-state index contributed by atoms with van der Waals surface area (Å²) in [5, 5.41) is 0.642. The van der Waals surface area contributed by atoms with Crippen LogP contribution in [0.1, 0.15) is 28.1 Å². The first-order valence-corrected chi connectivity index (χ1v) is 10.4. The molecule has 144 valence electrons. The van der Waals surface area contributed by atoms with Gasteiger partial charge >= 0.3 is 0 Å². The first-order valence-electron chi connectivity index (χ1n) is 9.49. The van der Waals surface area contributed by atoms with E-state index in [1.54, 1.807) is 10.6 Å². The Kier molecular flexibility index (Phi) is 5.58. The molecule has 0 fully saturated rings. The van der Waals surface area contributed by atoms with Crippen molar-refractivity contribution < 1.29 is 4.79 Å². The van der Waals surface area contributed by atoms with Gasteiger partial charge in [0.05, 0.1) is 10.9 Å². The number of hydrogen-bond acceptors (Lipinski definition) is 4. The molecule has 0 aliphatic heterocycles. The van der Waals surface area contributed by atoms with E-state index in [0.29, 0.717) is 28.2 Å². The number of benzene rings is 3. The lowest BCUT2D eigenvalue weighted by atomic mass is 10.0.